The lowest BCUT2D eigenvalue weighted by Gasteiger charge is -2.12. The van der Waals surface area contributed by atoms with Crippen molar-refractivity contribution in [3.8, 4) is 0 Å². The number of hydrogen-bond acceptors (Lipinski definition) is 4. The highest BCUT2D eigenvalue weighted by molar-refractivity contribution is 5.59. The molecule has 0 radical (unpaired) electrons. The van der Waals surface area contributed by atoms with Gasteiger partial charge in [-0.2, -0.15) is 0 Å². The molecule has 2 atom stereocenters. The van der Waals surface area contributed by atoms with E-state index in [0.29, 0.717) is 6.29 Å². The molecule has 64 valence electrons. The second-order valence-electron chi connectivity index (χ2n) is 2.41. The zero-order valence-electron chi connectivity index (χ0n) is 6.08. The minimum absolute atomic E-state index is 0.155. The van der Waals surface area contributed by atoms with E-state index in [1.165, 1.54) is 12.2 Å². The number of rotatable bonds is 2. The van der Waals surface area contributed by atoms with E-state index < -0.39 is 16.9 Å². The summed E-state index contributed by atoms with van der Waals surface area (Å²) in [5.74, 6) is -0.796. The summed E-state index contributed by atoms with van der Waals surface area (Å²) < 4.78 is 0. The Morgan fingerprint density at radius 1 is 1.67 bits per heavy atom. The molecule has 0 saturated carbocycles. The largest absolute Gasteiger partial charge is 0.388 e. The van der Waals surface area contributed by atoms with Crippen molar-refractivity contribution >= 4 is 6.29 Å². The molecule has 2 unspecified atom stereocenters. The van der Waals surface area contributed by atoms with Gasteiger partial charge in [0.25, 0.3) is 5.70 Å². The lowest BCUT2D eigenvalue weighted by molar-refractivity contribution is -0.419. The summed E-state index contributed by atoms with van der Waals surface area (Å²) in [6.45, 7) is 0. The monoisotopic (exact) mass is 169 g/mol. The third kappa shape index (κ3) is 1.57. The van der Waals surface area contributed by atoms with E-state index in [-0.39, 0.29) is 5.70 Å². The molecule has 1 aliphatic carbocycles. The first kappa shape index (κ1) is 8.61. The first-order valence-electron chi connectivity index (χ1n) is 3.33. The quantitative estimate of drug-likeness (QED) is 0.355. The maximum atomic E-state index is 10.3. The van der Waals surface area contributed by atoms with Gasteiger partial charge in [0.2, 0.25) is 0 Å². The third-order valence-corrected chi connectivity index (χ3v) is 1.59. The van der Waals surface area contributed by atoms with Crippen molar-refractivity contribution in [2.24, 2.45) is 5.92 Å². The van der Waals surface area contributed by atoms with Crippen LogP contribution in [0.1, 0.15) is 0 Å². The Balaban J connectivity index is 2.87. The maximum absolute atomic E-state index is 10.3. The molecule has 0 bridgehead atoms. The van der Waals surface area contributed by atoms with Crippen molar-refractivity contribution in [3.63, 3.8) is 0 Å². The number of aliphatic hydroxyl groups excluding tert-OH is 1. The molecule has 1 N–H and O–H groups in total. The number of nitrogens with zero attached hydrogens (tertiary/aromatic N) is 1. The lowest BCUT2D eigenvalue weighted by Crippen LogP contribution is -2.21. The van der Waals surface area contributed by atoms with Gasteiger partial charge in [-0.15, -0.1) is 0 Å². The van der Waals surface area contributed by atoms with Crippen LogP contribution >= 0.6 is 0 Å². The van der Waals surface area contributed by atoms with Gasteiger partial charge >= 0.3 is 0 Å². The van der Waals surface area contributed by atoms with Gasteiger partial charge in [-0.05, 0) is 6.08 Å². The molecule has 0 aromatic rings. The molecule has 0 fully saturated rings. The molecule has 1 rings (SSSR count). The summed E-state index contributed by atoms with van der Waals surface area (Å²) >= 11 is 0. The number of nitro groups is 1. The molecule has 5 nitrogen and oxygen atoms in total. The first-order valence-corrected chi connectivity index (χ1v) is 3.33. The molecule has 0 spiro atoms. The van der Waals surface area contributed by atoms with E-state index >= 15 is 0 Å². The van der Waals surface area contributed by atoms with Crippen LogP contribution in [0, 0.1) is 16.0 Å². The number of carbonyl (C=O) groups excluding carboxylic acids is 1. The molecule has 0 heterocycles. The molecule has 0 aliphatic heterocycles. The van der Waals surface area contributed by atoms with E-state index in [1.54, 1.807) is 0 Å². The Kier molecular flexibility index (Phi) is 2.35. The molecule has 12 heavy (non-hydrogen) atoms. The fraction of sp³-hybridized carbons (Fsp3) is 0.286. The Morgan fingerprint density at radius 3 is 2.83 bits per heavy atom. The van der Waals surface area contributed by atoms with Crippen LogP contribution in [-0.4, -0.2) is 22.4 Å². The van der Waals surface area contributed by atoms with Crippen LogP contribution in [0.5, 0.6) is 0 Å². The topological polar surface area (TPSA) is 80.4 Å². The van der Waals surface area contributed by atoms with Crippen molar-refractivity contribution < 1.29 is 14.8 Å². The summed E-state index contributed by atoms with van der Waals surface area (Å²) in [6, 6.07) is 0. The van der Waals surface area contributed by atoms with Crippen LogP contribution in [0.3, 0.4) is 0 Å². The van der Waals surface area contributed by atoms with Gasteiger partial charge in [0.05, 0.1) is 16.9 Å². The van der Waals surface area contributed by atoms with E-state index in [0.717, 1.165) is 6.08 Å². The highest BCUT2D eigenvalue weighted by Crippen LogP contribution is 2.15. The summed E-state index contributed by atoms with van der Waals surface area (Å²) in [4.78, 5) is 19.9. The number of allylic oxidation sites excluding steroid dienone is 1. The fourth-order valence-electron chi connectivity index (χ4n) is 0.918. The van der Waals surface area contributed by atoms with Crippen LogP contribution in [0.2, 0.25) is 0 Å². The smallest absolute Gasteiger partial charge is 0.266 e. The average molecular weight is 169 g/mol. The minimum Gasteiger partial charge on any atom is -0.388 e. The molecule has 0 aromatic carbocycles. The standard InChI is InChI=1S/C7H7NO4/c9-4-5-3-6(8(11)12)1-2-7(5)10/h1-5,7,10H. The number of hydrogen-bond donors (Lipinski definition) is 1. The SMILES string of the molecule is O=CC1C=C([N+](=O)[O-])C=CC1O. The van der Waals surface area contributed by atoms with Crippen molar-refractivity contribution in [1.82, 2.24) is 0 Å². The van der Waals surface area contributed by atoms with E-state index in [4.69, 9.17) is 5.11 Å². The maximum Gasteiger partial charge on any atom is 0.266 e. The van der Waals surface area contributed by atoms with E-state index in [1.807, 2.05) is 0 Å². The third-order valence-electron chi connectivity index (χ3n) is 1.59. The molecule has 0 aromatic heterocycles. The molecule has 0 amide bonds. The summed E-state index contributed by atoms with van der Waals surface area (Å²) in [5.41, 5.74) is -0.155. The predicted molar refractivity (Wildman–Crippen MR) is 39.8 cm³/mol. The molecule has 0 saturated heterocycles. The van der Waals surface area contributed by atoms with Crippen LogP contribution in [0.15, 0.2) is 23.9 Å². The number of aliphatic hydroxyl groups is 1. The van der Waals surface area contributed by atoms with Crippen LogP contribution in [0.25, 0.3) is 0 Å². The first-order chi connectivity index (χ1) is 5.65. The van der Waals surface area contributed by atoms with E-state index in [9.17, 15) is 14.9 Å². The Labute approximate surface area is 68.2 Å². The van der Waals surface area contributed by atoms with Gasteiger partial charge in [0, 0.05) is 12.2 Å². The molecule has 1 aliphatic rings. The summed E-state index contributed by atoms with van der Waals surface area (Å²) in [7, 11) is 0. The number of aldehydes is 1. The van der Waals surface area contributed by atoms with Crippen LogP contribution < -0.4 is 0 Å². The molecular formula is C7H7NO4. The fourth-order valence-corrected chi connectivity index (χ4v) is 0.918. The zero-order chi connectivity index (χ0) is 9.14. The molecule has 5 heteroatoms. The Morgan fingerprint density at radius 2 is 2.33 bits per heavy atom. The van der Waals surface area contributed by atoms with Crippen molar-refractivity contribution in [1.29, 1.82) is 0 Å². The van der Waals surface area contributed by atoms with Gasteiger partial charge < -0.3 is 9.90 Å². The van der Waals surface area contributed by atoms with Gasteiger partial charge in [-0.1, -0.05) is 0 Å². The van der Waals surface area contributed by atoms with E-state index in [2.05, 4.69) is 0 Å². The van der Waals surface area contributed by atoms with Crippen molar-refractivity contribution in [2.45, 2.75) is 6.10 Å². The highest BCUT2D eigenvalue weighted by Gasteiger charge is 2.22. The van der Waals surface area contributed by atoms with Crippen molar-refractivity contribution in [2.75, 3.05) is 0 Å². The summed E-state index contributed by atoms with van der Waals surface area (Å²) in [6.07, 6.45) is 3.10. The van der Waals surface area contributed by atoms with Crippen LogP contribution in [-0.2, 0) is 4.79 Å². The Bertz CT molecular complexity index is 269. The highest BCUT2D eigenvalue weighted by atomic mass is 16.6. The summed E-state index contributed by atoms with van der Waals surface area (Å²) in [5, 5.41) is 19.3. The van der Waals surface area contributed by atoms with Crippen molar-refractivity contribution in [3.05, 3.63) is 34.0 Å². The van der Waals surface area contributed by atoms with Gasteiger partial charge in [0.1, 0.15) is 6.29 Å². The predicted octanol–water partition coefficient (Wildman–Crippen LogP) is -0.107. The Hall–Kier alpha value is -1.49. The normalized spacial score (nSPS) is 27.9. The van der Waals surface area contributed by atoms with Gasteiger partial charge in [-0.25, -0.2) is 0 Å². The number of carbonyl (C=O) groups is 1. The van der Waals surface area contributed by atoms with Gasteiger partial charge in [-0.3, -0.25) is 10.1 Å². The average Bonchev–Trinajstić information content (AvgIpc) is 2.05. The second kappa shape index (κ2) is 3.27. The van der Waals surface area contributed by atoms with Gasteiger partial charge in [0.15, 0.2) is 0 Å². The lowest BCUT2D eigenvalue weighted by atomic mass is 9.98. The van der Waals surface area contributed by atoms with Crippen LogP contribution in [0.4, 0.5) is 0 Å². The molecular weight excluding hydrogens is 162 g/mol. The zero-order valence-corrected chi connectivity index (χ0v) is 6.08. The minimum atomic E-state index is -0.939. The second-order valence-corrected chi connectivity index (χ2v) is 2.41.